The summed E-state index contributed by atoms with van der Waals surface area (Å²) in [5.74, 6) is 0. The summed E-state index contributed by atoms with van der Waals surface area (Å²) < 4.78 is 0. The fourth-order valence-corrected chi connectivity index (χ4v) is 3.03. The van der Waals surface area contributed by atoms with E-state index in [1.165, 1.54) is 12.0 Å². The van der Waals surface area contributed by atoms with Gasteiger partial charge < -0.3 is 15.2 Å². The number of nitrogens with zero attached hydrogens (tertiary/aromatic N) is 3. The van der Waals surface area contributed by atoms with Crippen molar-refractivity contribution in [2.45, 2.75) is 0 Å². The fraction of sp³-hybridized carbons (Fsp3) is 0.250. The number of aromatic nitrogens is 3. The van der Waals surface area contributed by atoms with Crippen LogP contribution in [0.4, 0.5) is 5.69 Å². The number of fused-ring (bicyclic) bond motifs is 1. The highest BCUT2D eigenvalue weighted by Crippen LogP contribution is 2.28. The van der Waals surface area contributed by atoms with Crippen LogP contribution < -0.4 is 10.2 Å². The maximum absolute atomic E-state index is 6.10. The van der Waals surface area contributed by atoms with Crippen LogP contribution >= 0.6 is 11.6 Å². The molecule has 2 aromatic heterocycles. The van der Waals surface area contributed by atoms with Gasteiger partial charge in [0, 0.05) is 37.6 Å². The first kappa shape index (κ1) is 13.5. The van der Waals surface area contributed by atoms with Gasteiger partial charge in [0.2, 0.25) is 0 Å². The molecule has 0 unspecified atom stereocenters. The first-order valence-corrected chi connectivity index (χ1v) is 7.74. The quantitative estimate of drug-likeness (QED) is 0.714. The summed E-state index contributed by atoms with van der Waals surface area (Å²) in [5.41, 5.74) is 4.15. The molecular weight excluding hydrogens is 298 g/mol. The van der Waals surface area contributed by atoms with Crippen LogP contribution in [-0.4, -0.2) is 41.1 Å². The molecule has 6 heteroatoms. The van der Waals surface area contributed by atoms with Crippen LogP contribution in [0, 0.1) is 0 Å². The van der Waals surface area contributed by atoms with E-state index in [2.05, 4.69) is 49.4 Å². The zero-order valence-corrected chi connectivity index (χ0v) is 12.8. The molecule has 1 saturated heterocycles. The van der Waals surface area contributed by atoms with Crippen molar-refractivity contribution < 1.29 is 0 Å². The second-order valence-electron chi connectivity index (χ2n) is 5.39. The summed E-state index contributed by atoms with van der Waals surface area (Å²) in [4.78, 5) is 13.9. The van der Waals surface area contributed by atoms with Gasteiger partial charge in [-0.25, -0.2) is 9.97 Å². The highest BCUT2D eigenvalue weighted by Gasteiger charge is 2.11. The molecule has 1 aliphatic heterocycles. The minimum Gasteiger partial charge on any atom is -0.369 e. The van der Waals surface area contributed by atoms with E-state index in [1.807, 2.05) is 6.07 Å². The Morgan fingerprint density at radius 3 is 2.55 bits per heavy atom. The Morgan fingerprint density at radius 2 is 1.82 bits per heavy atom. The molecule has 1 fully saturated rings. The largest absolute Gasteiger partial charge is 0.369 e. The van der Waals surface area contributed by atoms with E-state index in [0.29, 0.717) is 5.15 Å². The third-order valence-electron chi connectivity index (χ3n) is 4.04. The van der Waals surface area contributed by atoms with E-state index in [1.54, 1.807) is 0 Å². The average molecular weight is 314 g/mol. The van der Waals surface area contributed by atoms with E-state index in [0.717, 1.165) is 48.5 Å². The third-order valence-corrected chi connectivity index (χ3v) is 4.34. The lowest BCUT2D eigenvalue weighted by molar-refractivity contribution is 0.589. The Bertz CT molecular complexity index is 790. The molecule has 0 aliphatic carbocycles. The molecule has 112 valence electrons. The number of hydrogen-bond acceptors (Lipinski definition) is 4. The van der Waals surface area contributed by atoms with Crippen LogP contribution in [0.2, 0.25) is 5.15 Å². The molecule has 2 N–H and O–H groups in total. The van der Waals surface area contributed by atoms with Crippen molar-refractivity contribution in [1.29, 1.82) is 0 Å². The predicted octanol–water partition coefficient (Wildman–Crippen LogP) is 2.69. The predicted molar refractivity (Wildman–Crippen MR) is 89.4 cm³/mol. The summed E-state index contributed by atoms with van der Waals surface area (Å²) in [5, 5.41) is 4.70. The van der Waals surface area contributed by atoms with Gasteiger partial charge in [-0.3, -0.25) is 0 Å². The van der Waals surface area contributed by atoms with Crippen LogP contribution in [0.3, 0.4) is 0 Å². The van der Waals surface area contributed by atoms with Crippen molar-refractivity contribution in [1.82, 2.24) is 20.3 Å². The maximum atomic E-state index is 6.10. The highest BCUT2D eigenvalue weighted by atomic mass is 35.5. The minimum absolute atomic E-state index is 0.477. The standard InChI is InChI=1S/C16H16ClN5/c17-15-13-9-14(21-16(13)20-10-19-15)11-1-3-12(4-2-11)22-7-5-18-6-8-22/h1-4,9-10,18H,5-8H2,(H,19,20,21). The van der Waals surface area contributed by atoms with Crippen molar-refractivity contribution in [2.24, 2.45) is 0 Å². The molecule has 0 bridgehead atoms. The molecule has 3 heterocycles. The van der Waals surface area contributed by atoms with Gasteiger partial charge in [-0.2, -0.15) is 0 Å². The topological polar surface area (TPSA) is 56.8 Å². The summed E-state index contributed by atoms with van der Waals surface area (Å²) in [6, 6.07) is 10.6. The molecule has 22 heavy (non-hydrogen) atoms. The first-order valence-electron chi connectivity index (χ1n) is 7.36. The third kappa shape index (κ3) is 2.42. The SMILES string of the molecule is Clc1ncnc2[nH]c(-c3ccc(N4CCNCC4)cc3)cc12. The molecular formula is C16H16ClN5. The van der Waals surface area contributed by atoms with Gasteiger partial charge in [-0.15, -0.1) is 0 Å². The van der Waals surface area contributed by atoms with Crippen LogP contribution in [0.25, 0.3) is 22.3 Å². The maximum Gasteiger partial charge on any atom is 0.142 e. The van der Waals surface area contributed by atoms with Crippen LogP contribution in [0.1, 0.15) is 0 Å². The van der Waals surface area contributed by atoms with Crippen LogP contribution in [0.5, 0.6) is 0 Å². The Balaban J connectivity index is 1.65. The first-order chi connectivity index (χ1) is 10.8. The van der Waals surface area contributed by atoms with Gasteiger partial charge in [0.05, 0.1) is 5.39 Å². The number of halogens is 1. The summed E-state index contributed by atoms with van der Waals surface area (Å²) in [6.45, 7) is 4.19. The zero-order valence-electron chi connectivity index (χ0n) is 12.0. The normalized spacial score (nSPS) is 15.4. The lowest BCUT2D eigenvalue weighted by atomic mass is 10.1. The smallest absolute Gasteiger partial charge is 0.142 e. The Hall–Kier alpha value is -2.11. The van der Waals surface area contributed by atoms with E-state index < -0.39 is 0 Å². The Labute approximate surface area is 133 Å². The second kappa shape index (κ2) is 5.59. The van der Waals surface area contributed by atoms with Crippen molar-refractivity contribution in [3.05, 3.63) is 41.8 Å². The highest BCUT2D eigenvalue weighted by molar-refractivity contribution is 6.34. The number of piperazine rings is 1. The number of rotatable bonds is 2. The van der Waals surface area contributed by atoms with Gasteiger partial charge in [0.1, 0.15) is 17.1 Å². The molecule has 3 aromatic rings. The van der Waals surface area contributed by atoms with E-state index in [4.69, 9.17) is 11.6 Å². The van der Waals surface area contributed by atoms with E-state index in [9.17, 15) is 0 Å². The fourth-order valence-electron chi connectivity index (χ4n) is 2.84. The van der Waals surface area contributed by atoms with Crippen molar-refractivity contribution >= 4 is 28.3 Å². The second-order valence-corrected chi connectivity index (χ2v) is 5.75. The summed E-state index contributed by atoms with van der Waals surface area (Å²) in [7, 11) is 0. The van der Waals surface area contributed by atoms with Crippen molar-refractivity contribution in [3.63, 3.8) is 0 Å². The van der Waals surface area contributed by atoms with Crippen LogP contribution in [0.15, 0.2) is 36.7 Å². The van der Waals surface area contributed by atoms with Crippen molar-refractivity contribution in [2.75, 3.05) is 31.1 Å². The summed E-state index contributed by atoms with van der Waals surface area (Å²) >= 11 is 6.10. The van der Waals surface area contributed by atoms with Crippen LogP contribution in [-0.2, 0) is 0 Å². The lowest BCUT2D eigenvalue weighted by Crippen LogP contribution is -2.43. The van der Waals surface area contributed by atoms with E-state index >= 15 is 0 Å². The monoisotopic (exact) mass is 313 g/mol. The Kier molecular flexibility index (Phi) is 3.44. The minimum atomic E-state index is 0.477. The average Bonchev–Trinajstić information content (AvgIpc) is 3.02. The van der Waals surface area contributed by atoms with Gasteiger partial charge in [0.25, 0.3) is 0 Å². The number of benzene rings is 1. The molecule has 4 rings (SSSR count). The van der Waals surface area contributed by atoms with Crippen molar-refractivity contribution in [3.8, 4) is 11.3 Å². The number of nitrogens with one attached hydrogen (secondary N) is 2. The molecule has 0 spiro atoms. The lowest BCUT2D eigenvalue weighted by Gasteiger charge is -2.29. The molecule has 1 aliphatic rings. The van der Waals surface area contributed by atoms with Gasteiger partial charge >= 0.3 is 0 Å². The molecule has 5 nitrogen and oxygen atoms in total. The van der Waals surface area contributed by atoms with Gasteiger partial charge in [-0.1, -0.05) is 23.7 Å². The van der Waals surface area contributed by atoms with Gasteiger partial charge in [0.15, 0.2) is 0 Å². The molecule has 0 saturated carbocycles. The number of aromatic amines is 1. The van der Waals surface area contributed by atoms with E-state index in [-0.39, 0.29) is 0 Å². The molecule has 0 radical (unpaired) electrons. The molecule has 1 aromatic carbocycles. The zero-order chi connectivity index (χ0) is 14.9. The Morgan fingerprint density at radius 1 is 1.05 bits per heavy atom. The molecule has 0 amide bonds. The summed E-state index contributed by atoms with van der Waals surface area (Å²) in [6.07, 6.45) is 1.47. The molecule has 0 atom stereocenters. The number of anilines is 1. The van der Waals surface area contributed by atoms with Gasteiger partial charge in [-0.05, 0) is 23.8 Å². The number of hydrogen-bond donors (Lipinski definition) is 2. The number of H-pyrrole nitrogens is 1.